The van der Waals surface area contributed by atoms with Gasteiger partial charge in [-0.2, -0.15) is 0 Å². The van der Waals surface area contributed by atoms with E-state index < -0.39 is 0 Å². The standard InChI is InChI=1S/C22H34N2O3/c1-2-21(25)23-14-6-5-12-19-10-3-4-11-20(19)13-9-17-27-18-22(26)24-15-7-8-16-24/h3-4,10-11H,2,5-9,12-18H2,1H3,(H,23,25). The molecule has 5 nitrogen and oxygen atoms in total. The van der Waals surface area contributed by atoms with Crippen LogP contribution in [-0.2, 0) is 27.2 Å². The molecule has 2 rings (SSSR count). The van der Waals surface area contributed by atoms with Crippen molar-refractivity contribution >= 4 is 11.8 Å². The van der Waals surface area contributed by atoms with Gasteiger partial charge in [-0.3, -0.25) is 9.59 Å². The van der Waals surface area contributed by atoms with E-state index >= 15 is 0 Å². The number of unbranched alkanes of at least 4 members (excludes halogenated alkanes) is 1. The van der Waals surface area contributed by atoms with Crippen molar-refractivity contribution in [1.82, 2.24) is 10.2 Å². The van der Waals surface area contributed by atoms with Gasteiger partial charge >= 0.3 is 0 Å². The lowest BCUT2D eigenvalue weighted by atomic mass is 9.98. The molecule has 2 amide bonds. The third kappa shape index (κ3) is 8.12. The average Bonchev–Trinajstić information content (AvgIpc) is 3.23. The number of aryl methyl sites for hydroxylation is 2. The van der Waals surface area contributed by atoms with Crippen LogP contribution in [-0.4, -0.2) is 49.6 Å². The van der Waals surface area contributed by atoms with Gasteiger partial charge in [0.1, 0.15) is 6.61 Å². The molecular formula is C22H34N2O3. The topological polar surface area (TPSA) is 58.6 Å². The van der Waals surface area contributed by atoms with Crippen molar-refractivity contribution in [2.24, 2.45) is 0 Å². The highest BCUT2D eigenvalue weighted by molar-refractivity contribution is 5.77. The molecule has 1 aliphatic rings. The van der Waals surface area contributed by atoms with Crippen molar-refractivity contribution in [3.05, 3.63) is 35.4 Å². The lowest BCUT2D eigenvalue weighted by molar-refractivity contribution is -0.135. The van der Waals surface area contributed by atoms with Crippen molar-refractivity contribution in [2.75, 3.05) is 32.8 Å². The molecule has 1 aromatic carbocycles. The predicted molar refractivity (Wildman–Crippen MR) is 108 cm³/mol. The summed E-state index contributed by atoms with van der Waals surface area (Å²) in [5.74, 6) is 0.252. The van der Waals surface area contributed by atoms with Gasteiger partial charge in [-0.05, 0) is 56.1 Å². The molecule has 0 saturated carbocycles. The van der Waals surface area contributed by atoms with E-state index in [1.54, 1.807) is 0 Å². The summed E-state index contributed by atoms with van der Waals surface area (Å²) < 4.78 is 5.58. The summed E-state index contributed by atoms with van der Waals surface area (Å²) in [6, 6.07) is 8.54. The molecule has 0 bridgehead atoms. The fourth-order valence-electron chi connectivity index (χ4n) is 3.42. The van der Waals surface area contributed by atoms with E-state index in [2.05, 4.69) is 29.6 Å². The third-order valence-corrected chi connectivity index (χ3v) is 5.05. The van der Waals surface area contributed by atoms with Crippen LogP contribution in [0.3, 0.4) is 0 Å². The van der Waals surface area contributed by atoms with Gasteiger partial charge in [0.05, 0.1) is 0 Å². The van der Waals surface area contributed by atoms with E-state index in [0.29, 0.717) is 13.0 Å². The fourth-order valence-corrected chi connectivity index (χ4v) is 3.42. The summed E-state index contributed by atoms with van der Waals surface area (Å²) in [4.78, 5) is 25.1. The number of rotatable bonds is 12. The number of carbonyl (C=O) groups is 2. The van der Waals surface area contributed by atoms with Gasteiger partial charge in [0, 0.05) is 32.7 Å². The molecule has 1 heterocycles. The number of hydrogen-bond donors (Lipinski definition) is 1. The lowest BCUT2D eigenvalue weighted by Crippen LogP contribution is -2.31. The maximum absolute atomic E-state index is 11.9. The molecule has 1 fully saturated rings. The first-order valence-electron chi connectivity index (χ1n) is 10.4. The summed E-state index contributed by atoms with van der Waals surface area (Å²) in [5.41, 5.74) is 2.75. The van der Waals surface area contributed by atoms with Crippen molar-refractivity contribution in [2.45, 2.75) is 58.3 Å². The van der Waals surface area contributed by atoms with E-state index in [1.807, 2.05) is 11.8 Å². The van der Waals surface area contributed by atoms with Crippen molar-refractivity contribution in [3.8, 4) is 0 Å². The summed E-state index contributed by atoms with van der Waals surface area (Å²) in [6.45, 7) is 5.24. The molecule has 1 N–H and O–H groups in total. The Hall–Kier alpha value is -1.88. The molecule has 0 aromatic heterocycles. The molecular weight excluding hydrogens is 340 g/mol. The normalized spacial score (nSPS) is 13.7. The van der Waals surface area contributed by atoms with Crippen LogP contribution in [0.2, 0.25) is 0 Å². The molecule has 0 unspecified atom stereocenters. The maximum atomic E-state index is 11.9. The monoisotopic (exact) mass is 374 g/mol. The zero-order valence-corrected chi connectivity index (χ0v) is 16.7. The molecule has 5 heteroatoms. The van der Waals surface area contributed by atoms with Crippen molar-refractivity contribution < 1.29 is 14.3 Å². The van der Waals surface area contributed by atoms with E-state index in [4.69, 9.17) is 4.74 Å². The Balaban J connectivity index is 1.61. The molecule has 0 radical (unpaired) electrons. The summed E-state index contributed by atoms with van der Waals surface area (Å²) in [5, 5.41) is 2.92. The molecule has 150 valence electrons. The summed E-state index contributed by atoms with van der Waals surface area (Å²) in [7, 11) is 0. The SMILES string of the molecule is CCC(=O)NCCCCc1ccccc1CCCOCC(=O)N1CCCC1. The highest BCUT2D eigenvalue weighted by atomic mass is 16.5. The Morgan fingerprint density at radius 1 is 1.04 bits per heavy atom. The fraction of sp³-hybridized carbons (Fsp3) is 0.636. The Morgan fingerprint density at radius 3 is 2.37 bits per heavy atom. The number of benzene rings is 1. The first-order valence-corrected chi connectivity index (χ1v) is 10.4. The van der Waals surface area contributed by atoms with Crippen molar-refractivity contribution in [1.29, 1.82) is 0 Å². The van der Waals surface area contributed by atoms with Gasteiger partial charge in [-0.15, -0.1) is 0 Å². The molecule has 1 aliphatic heterocycles. The van der Waals surface area contributed by atoms with E-state index in [0.717, 1.165) is 64.6 Å². The zero-order chi connectivity index (χ0) is 19.3. The highest BCUT2D eigenvalue weighted by Crippen LogP contribution is 2.14. The Morgan fingerprint density at radius 2 is 1.70 bits per heavy atom. The second kappa shape index (κ2) is 12.5. The summed E-state index contributed by atoms with van der Waals surface area (Å²) in [6.07, 6.45) is 7.79. The van der Waals surface area contributed by atoms with E-state index in [-0.39, 0.29) is 18.4 Å². The van der Waals surface area contributed by atoms with Gasteiger partial charge < -0.3 is 15.0 Å². The van der Waals surface area contributed by atoms with Crippen LogP contribution >= 0.6 is 0 Å². The zero-order valence-electron chi connectivity index (χ0n) is 16.7. The van der Waals surface area contributed by atoms with Crippen LogP contribution in [0.15, 0.2) is 24.3 Å². The Labute approximate surface area is 163 Å². The van der Waals surface area contributed by atoms with Crippen LogP contribution in [0.25, 0.3) is 0 Å². The second-order valence-electron chi connectivity index (χ2n) is 7.17. The third-order valence-electron chi connectivity index (χ3n) is 5.05. The van der Waals surface area contributed by atoms with Gasteiger partial charge in [-0.25, -0.2) is 0 Å². The first kappa shape index (κ1) is 21.4. The number of likely N-dealkylation sites (tertiary alicyclic amines) is 1. The molecule has 27 heavy (non-hydrogen) atoms. The Bertz CT molecular complexity index is 583. The van der Waals surface area contributed by atoms with E-state index in [1.165, 1.54) is 11.1 Å². The minimum absolute atomic E-state index is 0.124. The number of ether oxygens (including phenoxy) is 1. The molecule has 0 aliphatic carbocycles. The smallest absolute Gasteiger partial charge is 0.248 e. The number of amides is 2. The predicted octanol–water partition coefficient (Wildman–Crippen LogP) is 3.11. The van der Waals surface area contributed by atoms with Gasteiger partial charge in [0.15, 0.2) is 0 Å². The number of nitrogens with one attached hydrogen (secondary N) is 1. The average molecular weight is 375 g/mol. The Kier molecular flexibility index (Phi) is 9.91. The van der Waals surface area contributed by atoms with Gasteiger partial charge in [-0.1, -0.05) is 31.2 Å². The minimum atomic E-state index is 0.124. The first-order chi connectivity index (χ1) is 13.2. The second-order valence-corrected chi connectivity index (χ2v) is 7.17. The quantitative estimate of drug-likeness (QED) is 0.572. The molecule has 1 saturated heterocycles. The minimum Gasteiger partial charge on any atom is -0.372 e. The van der Waals surface area contributed by atoms with Crippen LogP contribution in [0.4, 0.5) is 0 Å². The molecule has 0 spiro atoms. The lowest BCUT2D eigenvalue weighted by Gasteiger charge is -2.15. The van der Waals surface area contributed by atoms with Crippen LogP contribution in [0.5, 0.6) is 0 Å². The van der Waals surface area contributed by atoms with Crippen LogP contribution in [0, 0.1) is 0 Å². The van der Waals surface area contributed by atoms with Gasteiger partial charge in [0.25, 0.3) is 0 Å². The number of nitrogens with zero attached hydrogens (tertiary/aromatic N) is 1. The highest BCUT2D eigenvalue weighted by Gasteiger charge is 2.17. The molecule has 0 atom stereocenters. The van der Waals surface area contributed by atoms with E-state index in [9.17, 15) is 9.59 Å². The number of hydrogen-bond acceptors (Lipinski definition) is 3. The number of carbonyl (C=O) groups excluding carboxylic acids is 2. The maximum Gasteiger partial charge on any atom is 0.248 e. The molecule has 1 aromatic rings. The van der Waals surface area contributed by atoms with Crippen LogP contribution < -0.4 is 5.32 Å². The van der Waals surface area contributed by atoms with Crippen LogP contribution in [0.1, 0.15) is 56.6 Å². The van der Waals surface area contributed by atoms with Gasteiger partial charge in [0.2, 0.25) is 11.8 Å². The van der Waals surface area contributed by atoms with Crippen molar-refractivity contribution in [3.63, 3.8) is 0 Å². The summed E-state index contributed by atoms with van der Waals surface area (Å²) >= 11 is 0. The largest absolute Gasteiger partial charge is 0.372 e.